The van der Waals surface area contributed by atoms with Gasteiger partial charge in [0.1, 0.15) is 0 Å². The van der Waals surface area contributed by atoms with Gasteiger partial charge >= 0.3 is 0 Å². The van der Waals surface area contributed by atoms with Crippen molar-refractivity contribution in [1.29, 1.82) is 0 Å². The highest BCUT2D eigenvalue weighted by molar-refractivity contribution is 14.1. The number of carbonyl (C=O) groups is 1. The third-order valence-corrected chi connectivity index (χ3v) is 4.51. The smallest absolute Gasteiger partial charge is 0.255 e. The average molecular weight is 406 g/mol. The van der Waals surface area contributed by atoms with Crippen LogP contribution in [0.5, 0.6) is 0 Å². The van der Waals surface area contributed by atoms with Gasteiger partial charge in [-0.25, -0.2) is 0 Å². The van der Waals surface area contributed by atoms with Gasteiger partial charge in [0.05, 0.1) is 10.0 Å². The van der Waals surface area contributed by atoms with Crippen molar-refractivity contribution >= 4 is 57.4 Å². The van der Waals surface area contributed by atoms with Crippen LogP contribution in [0.15, 0.2) is 36.4 Å². The van der Waals surface area contributed by atoms with Crippen molar-refractivity contribution in [2.24, 2.45) is 0 Å². The number of aryl methyl sites for hydroxylation is 1. The van der Waals surface area contributed by atoms with Crippen LogP contribution in [0.1, 0.15) is 15.9 Å². The molecule has 19 heavy (non-hydrogen) atoms. The largest absolute Gasteiger partial charge is 0.322 e. The lowest BCUT2D eigenvalue weighted by atomic mass is 10.2. The highest BCUT2D eigenvalue weighted by Gasteiger charge is 2.09. The molecule has 2 rings (SSSR count). The van der Waals surface area contributed by atoms with E-state index in [9.17, 15) is 4.79 Å². The lowest BCUT2D eigenvalue weighted by molar-refractivity contribution is 0.102. The summed E-state index contributed by atoms with van der Waals surface area (Å²) in [5.74, 6) is -0.210. The van der Waals surface area contributed by atoms with Crippen molar-refractivity contribution in [2.45, 2.75) is 6.92 Å². The van der Waals surface area contributed by atoms with E-state index in [1.165, 1.54) is 5.56 Å². The Morgan fingerprint density at radius 2 is 1.84 bits per heavy atom. The lowest BCUT2D eigenvalue weighted by Gasteiger charge is -2.07. The summed E-state index contributed by atoms with van der Waals surface area (Å²) in [6.07, 6.45) is 0. The van der Waals surface area contributed by atoms with E-state index < -0.39 is 0 Å². The average Bonchev–Trinajstić information content (AvgIpc) is 2.37. The summed E-state index contributed by atoms with van der Waals surface area (Å²) in [6.45, 7) is 2.02. The lowest BCUT2D eigenvalue weighted by Crippen LogP contribution is -2.12. The van der Waals surface area contributed by atoms with Gasteiger partial charge in [0.15, 0.2) is 0 Å². The maximum absolute atomic E-state index is 12.1. The first kappa shape index (κ1) is 14.6. The maximum atomic E-state index is 12.1. The first-order valence-electron chi connectivity index (χ1n) is 5.50. The molecule has 0 aliphatic heterocycles. The molecule has 0 heterocycles. The van der Waals surface area contributed by atoms with Gasteiger partial charge in [-0.15, -0.1) is 0 Å². The molecule has 0 saturated heterocycles. The number of rotatable bonds is 2. The third-order valence-electron chi connectivity index (χ3n) is 2.61. The Bertz CT molecular complexity index is 643. The zero-order valence-electron chi connectivity index (χ0n) is 10.0. The number of carbonyl (C=O) groups excluding carboxylic acids is 1. The van der Waals surface area contributed by atoms with Crippen LogP contribution >= 0.6 is 45.8 Å². The molecule has 1 N–H and O–H groups in total. The van der Waals surface area contributed by atoms with Crippen LogP contribution in [0, 0.1) is 10.5 Å². The molecule has 0 bridgehead atoms. The zero-order chi connectivity index (χ0) is 14.0. The van der Waals surface area contributed by atoms with E-state index in [1.807, 2.05) is 25.1 Å². The van der Waals surface area contributed by atoms with E-state index in [2.05, 4.69) is 27.9 Å². The number of hydrogen-bond donors (Lipinski definition) is 1. The normalized spacial score (nSPS) is 10.3. The summed E-state index contributed by atoms with van der Waals surface area (Å²) in [6, 6.07) is 10.6. The van der Waals surface area contributed by atoms with Gasteiger partial charge in [-0.2, -0.15) is 0 Å². The molecule has 0 aliphatic carbocycles. The molecule has 0 unspecified atom stereocenters. The molecule has 0 aromatic heterocycles. The molecular formula is C14H10Cl2INO. The first-order chi connectivity index (χ1) is 8.97. The van der Waals surface area contributed by atoms with Gasteiger partial charge in [0, 0.05) is 14.8 Å². The predicted octanol–water partition coefficient (Wildman–Crippen LogP) is 5.16. The van der Waals surface area contributed by atoms with Gasteiger partial charge in [0.2, 0.25) is 0 Å². The van der Waals surface area contributed by atoms with E-state index >= 15 is 0 Å². The van der Waals surface area contributed by atoms with Crippen LogP contribution in [0.2, 0.25) is 10.0 Å². The summed E-state index contributed by atoms with van der Waals surface area (Å²) in [7, 11) is 0. The van der Waals surface area contributed by atoms with Crippen molar-refractivity contribution < 1.29 is 4.79 Å². The van der Waals surface area contributed by atoms with Gasteiger partial charge in [-0.3, -0.25) is 4.79 Å². The SMILES string of the molecule is Cc1ccc(NC(=O)c2ccc(Cl)c(Cl)c2)cc1I. The molecule has 0 spiro atoms. The van der Waals surface area contributed by atoms with Gasteiger partial charge in [-0.05, 0) is 65.4 Å². The maximum Gasteiger partial charge on any atom is 0.255 e. The van der Waals surface area contributed by atoms with E-state index in [0.29, 0.717) is 15.6 Å². The van der Waals surface area contributed by atoms with Crippen molar-refractivity contribution in [1.82, 2.24) is 0 Å². The highest BCUT2D eigenvalue weighted by atomic mass is 127. The second-order valence-electron chi connectivity index (χ2n) is 4.05. The summed E-state index contributed by atoms with van der Waals surface area (Å²) < 4.78 is 1.10. The molecule has 0 saturated carbocycles. The van der Waals surface area contributed by atoms with E-state index in [1.54, 1.807) is 18.2 Å². The molecule has 2 aromatic rings. The Hall–Kier alpha value is -0.780. The number of nitrogens with one attached hydrogen (secondary N) is 1. The highest BCUT2D eigenvalue weighted by Crippen LogP contribution is 2.23. The predicted molar refractivity (Wildman–Crippen MR) is 88.3 cm³/mol. The molecule has 0 aliphatic rings. The standard InChI is InChI=1S/C14H10Cl2INO/c1-8-2-4-10(7-13(8)17)18-14(19)9-3-5-11(15)12(16)6-9/h2-7H,1H3,(H,18,19). The quantitative estimate of drug-likeness (QED) is 0.687. The fourth-order valence-electron chi connectivity index (χ4n) is 1.51. The molecule has 0 atom stereocenters. The minimum absolute atomic E-state index is 0.210. The number of hydrogen-bond acceptors (Lipinski definition) is 1. The van der Waals surface area contributed by atoms with Crippen LogP contribution in [0.3, 0.4) is 0 Å². The fraction of sp³-hybridized carbons (Fsp3) is 0.0714. The second-order valence-corrected chi connectivity index (χ2v) is 6.02. The summed E-state index contributed by atoms with van der Waals surface area (Å²) in [5.41, 5.74) is 2.41. The summed E-state index contributed by atoms with van der Waals surface area (Å²) >= 11 is 13.9. The van der Waals surface area contributed by atoms with Gasteiger partial charge in [-0.1, -0.05) is 29.3 Å². The van der Waals surface area contributed by atoms with Gasteiger partial charge < -0.3 is 5.32 Å². The van der Waals surface area contributed by atoms with Crippen LogP contribution in [0.25, 0.3) is 0 Å². The Labute approximate surface area is 135 Å². The molecule has 1 amide bonds. The summed E-state index contributed by atoms with van der Waals surface area (Å²) in [5, 5.41) is 3.63. The molecule has 0 fully saturated rings. The van der Waals surface area contributed by atoms with E-state index in [0.717, 1.165) is 9.26 Å². The van der Waals surface area contributed by atoms with Crippen molar-refractivity contribution in [3.63, 3.8) is 0 Å². The molecule has 0 radical (unpaired) electrons. The molecule has 2 aromatic carbocycles. The Kier molecular flexibility index (Phi) is 4.71. The number of halogens is 3. The second kappa shape index (κ2) is 6.11. The monoisotopic (exact) mass is 405 g/mol. The van der Waals surface area contributed by atoms with Crippen LogP contribution in [0.4, 0.5) is 5.69 Å². The van der Waals surface area contributed by atoms with Crippen molar-refractivity contribution in [3.8, 4) is 0 Å². The minimum atomic E-state index is -0.210. The Morgan fingerprint density at radius 3 is 2.47 bits per heavy atom. The Balaban J connectivity index is 2.20. The topological polar surface area (TPSA) is 29.1 Å². The van der Waals surface area contributed by atoms with Gasteiger partial charge in [0.25, 0.3) is 5.91 Å². The first-order valence-corrected chi connectivity index (χ1v) is 7.33. The van der Waals surface area contributed by atoms with E-state index in [4.69, 9.17) is 23.2 Å². The molecule has 5 heteroatoms. The van der Waals surface area contributed by atoms with Crippen LogP contribution < -0.4 is 5.32 Å². The molecular weight excluding hydrogens is 396 g/mol. The minimum Gasteiger partial charge on any atom is -0.322 e. The number of anilines is 1. The number of amides is 1. The summed E-state index contributed by atoms with van der Waals surface area (Å²) in [4.78, 5) is 12.1. The zero-order valence-corrected chi connectivity index (χ0v) is 13.7. The number of benzene rings is 2. The fourth-order valence-corrected chi connectivity index (χ4v) is 2.32. The van der Waals surface area contributed by atoms with Crippen LogP contribution in [-0.4, -0.2) is 5.91 Å². The van der Waals surface area contributed by atoms with Crippen molar-refractivity contribution in [3.05, 3.63) is 61.1 Å². The molecule has 2 nitrogen and oxygen atoms in total. The Morgan fingerprint density at radius 1 is 1.11 bits per heavy atom. The van der Waals surface area contributed by atoms with Crippen LogP contribution in [-0.2, 0) is 0 Å². The molecule has 98 valence electrons. The third kappa shape index (κ3) is 3.61. The van der Waals surface area contributed by atoms with E-state index in [-0.39, 0.29) is 5.91 Å². The van der Waals surface area contributed by atoms with Crippen molar-refractivity contribution in [2.75, 3.05) is 5.32 Å².